The van der Waals surface area contributed by atoms with E-state index >= 15 is 0 Å². The van der Waals surface area contributed by atoms with Gasteiger partial charge in [-0.3, -0.25) is 19.6 Å². The minimum absolute atomic E-state index is 0.0654. The van der Waals surface area contributed by atoms with Crippen molar-refractivity contribution in [2.75, 3.05) is 0 Å². The van der Waals surface area contributed by atoms with Gasteiger partial charge in [-0.15, -0.1) is 0 Å². The Hall–Kier alpha value is -3.03. The van der Waals surface area contributed by atoms with Crippen LogP contribution in [0.5, 0.6) is 5.75 Å². The van der Waals surface area contributed by atoms with Crippen LogP contribution in [0.4, 0.5) is 5.69 Å². The maximum absolute atomic E-state index is 12.5. The first-order valence-electron chi connectivity index (χ1n) is 7.80. The summed E-state index contributed by atoms with van der Waals surface area (Å²) in [5.74, 6) is -1.12. The average molecular weight is 345 g/mol. The van der Waals surface area contributed by atoms with E-state index in [0.29, 0.717) is 12.8 Å². The molecule has 132 valence electrons. The van der Waals surface area contributed by atoms with Crippen LogP contribution < -0.4 is 4.74 Å². The molecule has 8 heteroatoms. The zero-order chi connectivity index (χ0) is 18.7. The molecule has 1 heterocycles. The summed E-state index contributed by atoms with van der Waals surface area (Å²) in [6, 6.07) is 4.79. The number of carbonyl (C=O) groups excluding carboxylic acids is 2. The number of ether oxygens (including phenoxy) is 1. The molecule has 0 aliphatic rings. The lowest BCUT2D eigenvalue weighted by molar-refractivity contribution is -0.386. The maximum Gasteiger partial charge on any atom is 0.369 e. The number of hydrogen-bond donors (Lipinski definition) is 0. The third-order valence-corrected chi connectivity index (χ3v) is 3.67. The van der Waals surface area contributed by atoms with Gasteiger partial charge in [-0.25, -0.2) is 4.79 Å². The molecule has 0 N–H and O–H groups in total. The molecule has 1 aromatic carbocycles. The van der Waals surface area contributed by atoms with Crippen molar-refractivity contribution in [3.05, 3.63) is 50.8 Å². The van der Waals surface area contributed by atoms with Crippen LogP contribution in [0.25, 0.3) is 0 Å². The lowest BCUT2D eigenvalue weighted by Crippen LogP contribution is -2.16. The molecule has 8 nitrogen and oxygen atoms in total. The third kappa shape index (κ3) is 3.73. The van der Waals surface area contributed by atoms with Crippen LogP contribution >= 0.6 is 0 Å². The van der Waals surface area contributed by atoms with Crippen molar-refractivity contribution in [3.8, 4) is 5.75 Å². The van der Waals surface area contributed by atoms with Gasteiger partial charge in [-0.1, -0.05) is 25.0 Å². The Bertz CT molecular complexity index is 854. The number of Topliss-reactive ketones (excluding diaryl/α,β-unsaturated/α-hetero) is 1. The largest absolute Gasteiger partial charge is 0.421 e. The van der Waals surface area contributed by atoms with Crippen LogP contribution in [0.3, 0.4) is 0 Å². The van der Waals surface area contributed by atoms with Crippen LogP contribution in [-0.2, 0) is 13.5 Å². The molecule has 0 bridgehead atoms. The molecule has 0 radical (unpaired) electrons. The van der Waals surface area contributed by atoms with E-state index in [0.717, 1.165) is 10.2 Å². The Labute approximate surface area is 144 Å². The quantitative estimate of drug-likeness (QED) is 0.262. The van der Waals surface area contributed by atoms with Gasteiger partial charge in [-0.05, 0) is 32.4 Å². The van der Waals surface area contributed by atoms with Gasteiger partial charge in [0.2, 0.25) is 5.69 Å². The van der Waals surface area contributed by atoms with Crippen LogP contribution in [0.2, 0.25) is 0 Å². The average Bonchev–Trinajstić information content (AvgIpc) is 2.85. The summed E-state index contributed by atoms with van der Waals surface area (Å²) < 4.78 is 6.43. The van der Waals surface area contributed by atoms with E-state index in [2.05, 4.69) is 5.10 Å². The standard InChI is InChI=1S/C17H19N3O5/c1-5-6-13-15(20(23)24)16(19(4)18-13)17(22)25-14-8-7-10(2)9-12(14)11(3)21/h7-9H,5-6H2,1-4H3. The molecule has 0 spiro atoms. The Morgan fingerprint density at radius 1 is 1.36 bits per heavy atom. The van der Waals surface area contributed by atoms with Crippen molar-refractivity contribution in [1.29, 1.82) is 0 Å². The molecule has 0 aliphatic heterocycles. The number of aryl methyl sites for hydroxylation is 3. The second-order valence-electron chi connectivity index (χ2n) is 5.72. The highest BCUT2D eigenvalue weighted by Gasteiger charge is 2.32. The number of aromatic nitrogens is 2. The summed E-state index contributed by atoms with van der Waals surface area (Å²) in [5.41, 5.74) is 0.709. The van der Waals surface area contributed by atoms with E-state index in [1.54, 1.807) is 19.1 Å². The Morgan fingerprint density at radius 2 is 2.04 bits per heavy atom. The predicted molar refractivity (Wildman–Crippen MR) is 90.0 cm³/mol. The molecular weight excluding hydrogens is 326 g/mol. The molecule has 2 aromatic rings. The summed E-state index contributed by atoms with van der Waals surface area (Å²) >= 11 is 0. The van der Waals surface area contributed by atoms with Crippen molar-refractivity contribution >= 4 is 17.4 Å². The summed E-state index contributed by atoms with van der Waals surface area (Å²) in [5, 5.41) is 15.5. The fraction of sp³-hybridized carbons (Fsp3) is 0.353. The van der Waals surface area contributed by atoms with Gasteiger partial charge in [0.15, 0.2) is 5.78 Å². The molecule has 0 atom stereocenters. The van der Waals surface area contributed by atoms with E-state index < -0.39 is 10.9 Å². The number of ketones is 1. The number of hydrogen-bond acceptors (Lipinski definition) is 6. The van der Waals surface area contributed by atoms with E-state index in [1.807, 2.05) is 6.92 Å². The molecule has 0 amide bonds. The lowest BCUT2D eigenvalue weighted by Gasteiger charge is -2.09. The van der Waals surface area contributed by atoms with Crippen molar-refractivity contribution in [2.24, 2.45) is 7.05 Å². The van der Waals surface area contributed by atoms with Crippen molar-refractivity contribution in [2.45, 2.75) is 33.6 Å². The van der Waals surface area contributed by atoms with E-state index in [-0.39, 0.29) is 34.2 Å². The molecular formula is C17H19N3O5. The number of nitro groups is 1. The van der Waals surface area contributed by atoms with Crippen LogP contribution in [-0.4, -0.2) is 26.5 Å². The number of esters is 1. The SMILES string of the molecule is CCCc1nn(C)c(C(=O)Oc2ccc(C)cc2C(C)=O)c1[N+](=O)[O-]. The normalized spacial score (nSPS) is 10.6. The van der Waals surface area contributed by atoms with Crippen LogP contribution in [0.15, 0.2) is 18.2 Å². The van der Waals surface area contributed by atoms with Gasteiger partial charge in [-0.2, -0.15) is 5.10 Å². The van der Waals surface area contributed by atoms with Crippen molar-refractivity contribution in [3.63, 3.8) is 0 Å². The smallest absolute Gasteiger partial charge is 0.369 e. The Balaban J connectivity index is 2.46. The summed E-state index contributed by atoms with van der Waals surface area (Å²) in [7, 11) is 1.45. The first-order valence-corrected chi connectivity index (χ1v) is 7.80. The molecule has 25 heavy (non-hydrogen) atoms. The Morgan fingerprint density at radius 3 is 2.60 bits per heavy atom. The summed E-state index contributed by atoms with van der Waals surface area (Å²) in [6.45, 7) is 5.03. The third-order valence-electron chi connectivity index (χ3n) is 3.67. The van der Waals surface area contributed by atoms with E-state index in [1.165, 1.54) is 20.0 Å². The van der Waals surface area contributed by atoms with Gasteiger partial charge < -0.3 is 4.74 Å². The van der Waals surface area contributed by atoms with Gasteiger partial charge >= 0.3 is 11.7 Å². The highest BCUT2D eigenvalue weighted by Crippen LogP contribution is 2.27. The molecule has 0 unspecified atom stereocenters. The van der Waals surface area contributed by atoms with Crippen LogP contribution in [0, 0.1) is 17.0 Å². The number of rotatable bonds is 6. The van der Waals surface area contributed by atoms with Gasteiger partial charge in [0.25, 0.3) is 0 Å². The first-order chi connectivity index (χ1) is 11.8. The molecule has 0 saturated carbocycles. The zero-order valence-electron chi connectivity index (χ0n) is 14.5. The van der Waals surface area contributed by atoms with Crippen molar-refractivity contribution < 1.29 is 19.2 Å². The lowest BCUT2D eigenvalue weighted by atomic mass is 10.1. The van der Waals surface area contributed by atoms with E-state index in [4.69, 9.17) is 4.74 Å². The maximum atomic E-state index is 12.5. The Kier molecular flexibility index (Phi) is 5.31. The number of carbonyl (C=O) groups is 2. The molecule has 2 rings (SSSR count). The number of nitrogens with zero attached hydrogens (tertiary/aromatic N) is 3. The second-order valence-corrected chi connectivity index (χ2v) is 5.72. The van der Waals surface area contributed by atoms with Gasteiger partial charge in [0, 0.05) is 7.05 Å². The molecule has 0 aliphatic carbocycles. The van der Waals surface area contributed by atoms with E-state index in [9.17, 15) is 19.7 Å². The fourth-order valence-electron chi connectivity index (χ4n) is 2.55. The number of benzene rings is 1. The predicted octanol–water partition coefficient (Wildman–Crippen LogP) is 3.01. The second kappa shape index (κ2) is 7.25. The minimum Gasteiger partial charge on any atom is -0.421 e. The van der Waals surface area contributed by atoms with Crippen molar-refractivity contribution in [1.82, 2.24) is 9.78 Å². The highest BCUT2D eigenvalue weighted by atomic mass is 16.6. The molecule has 1 aromatic heterocycles. The summed E-state index contributed by atoms with van der Waals surface area (Å²) in [4.78, 5) is 35.1. The first kappa shape index (κ1) is 18.3. The topological polar surface area (TPSA) is 104 Å². The summed E-state index contributed by atoms with van der Waals surface area (Å²) in [6.07, 6.45) is 1.03. The highest BCUT2D eigenvalue weighted by molar-refractivity contribution is 5.99. The van der Waals surface area contributed by atoms with Crippen LogP contribution in [0.1, 0.15) is 52.4 Å². The molecule has 0 fully saturated rings. The fourth-order valence-corrected chi connectivity index (χ4v) is 2.55. The minimum atomic E-state index is -0.921. The molecule has 0 saturated heterocycles. The monoisotopic (exact) mass is 345 g/mol. The van der Waals surface area contributed by atoms with Gasteiger partial charge in [0.1, 0.15) is 11.4 Å². The van der Waals surface area contributed by atoms with Gasteiger partial charge in [0.05, 0.1) is 10.5 Å². The zero-order valence-corrected chi connectivity index (χ0v) is 14.5.